The van der Waals surface area contributed by atoms with Crippen molar-refractivity contribution in [3.05, 3.63) is 6.33 Å². The molecule has 1 unspecified atom stereocenters. The number of ketones is 1. The van der Waals surface area contributed by atoms with Crippen molar-refractivity contribution in [2.24, 2.45) is 5.10 Å². The van der Waals surface area contributed by atoms with E-state index < -0.39 is 0 Å². The van der Waals surface area contributed by atoms with Crippen LogP contribution in [0, 0.1) is 0 Å². The van der Waals surface area contributed by atoms with Crippen LogP contribution >= 0.6 is 11.8 Å². The summed E-state index contributed by atoms with van der Waals surface area (Å²) in [7, 11) is 0. The average molecular weight is 196 g/mol. The number of thioether (sulfide) groups is 1. The first-order valence-corrected chi connectivity index (χ1v) is 4.69. The lowest BCUT2D eigenvalue weighted by Crippen LogP contribution is -2.26. The molecule has 0 amide bonds. The van der Waals surface area contributed by atoms with E-state index >= 15 is 0 Å². The standard InChI is InChI=1S/C7H8N4OS/c1-4-6(5(2)12)13-7-9-8-3-11(7)10-4/h3,6H,1-2H3. The molecule has 0 radical (unpaired) electrons. The highest BCUT2D eigenvalue weighted by molar-refractivity contribution is 8.01. The number of rotatable bonds is 1. The summed E-state index contributed by atoms with van der Waals surface area (Å²) in [5, 5.41) is 12.2. The number of carbonyl (C=O) groups is 1. The van der Waals surface area contributed by atoms with E-state index in [1.54, 1.807) is 11.6 Å². The van der Waals surface area contributed by atoms with Gasteiger partial charge < -0.3 is 0 Å². The normalized spacial score (nSPS) is 20.8. The van der Waals surface area contributed by atoms with E-state index in [4.69, 9.17) is 0 Å². The summed E-state index contributed by atoms with van der Waals surface area (Å²) in [6, 6.07) is 0. The Hall–Kier alpha value is -1.17. The molecule has 0 N–H and O–H groups in total. The highest BCUT2D eigenvalue weighted by Gasteiger charge is 2.26. The fraction of sp³-hybridized carbons (Fsp3) is 0.429. The van der Waals surface area contributed by atoms with Gasteiger partial charge in [0.2, 0.25) is 5.16 Å². The van der Waals surface area contributed by atoms with Gasteiger partial charge in [-0.15, -0.1) is 10.2 Å². The minimum Gasteiger partial charge on any atom is -0.298 e. The van der Waals surface area contributed by atoms with E-state index in [9.17, 15) is 4.79 Å². The van der Waals surface area contributed by atoms with Gasteiger partial charge >= 0.3 is 0 Å². The highest BCUT2D eigenvalue weighted by Crippen LogP contribution is 2.26. The van der Waals surface area contributed by atoms with E-state index in [0.29, 0.717) is 5.16 Å². The van der Waals surface area contributed by atoms with Crippen molar-refractivity contribution in [1.29, 1.82) is 0 Å². The zero-order chi connectivity index (χ0) is 9.42. The maximum absolute atomic E-state index is 11.2. The molecule has 5 nitrogen and oxygen atoms in total. The first-order valence-electron chi connectivity index (χ1n) is 3.81. The Morgan fingerprint density at radius 3 is 3.15 bits per heavy atom. The third kappa shape index (κ3) is 1.37. The summed E-state index contributed by atoms with van der Waals surface area (Å²) in [5.74, 6) is 0.0977. The van der Waals surface area contributed by atoms with E-state index in [1.807, 2.05) is 6.92 Å². The third-order valence-electron chi connectivity index (χ3n) is 1.74. The molecule has 0 bridgehead atoms. The SMILES string of the molecule is CC(=O)C1Sc2nncn2N=C1C. The molecule has 0 aliphatic carbocycles. The van der Waals surface area contributed by atoms with Crippen molar-refractivity contribution in [1.82, 2.24) is 14.9 Å². The lowest BCUT2D eigenvalue weighted by atomic mass is 10.2. The molecule has 1 aliphatic heterocycles. The van der Waals surface area contributed by atoms with Crippen LogP contribution in [0.5, 0.6) is 0 Å². The Balaban J connectivity index is 2.40. The molecule has 1 aromatic rings. The van der Waals surface area contributed by atoms with Gasteiger partial charge in [0.25, 0.3) is 0 Å². The molecule has 1 atom stereocenters. The van der Waals surface area contributed by atoms with Gasteiger partial charge in [-0.25, -0.2) is 0 Å². The molecule has 1 aromatic heterocycles. The molecular weight excluding hydrogens is 188 g/mol. The minimum atomic E-state index is -0.198. The van der Waals surface area contributed by atoms with Crippen molar-refractivity contribution in [2.45, 2.75) is 24.3 Å². The largest absolute Gasteiger partial charge is 0.298 e. The molecule has 0 aromatic carbocycles. The lowest BCUT2D eigenvalue weighted by molar-refractivity contribution is -0.115. The summed E-state index contributed by atoms with van der Waals surface area (Å²) in [4.78, 5) is 11.2. The summed E-state index contributed by atoms with van der Waals surface area (Å²) in [6.07, 6.45) is 1.53. The number of aromatic nitrogens is 3. The third-order valence-corrected chi connectivity index (χ3v) is 3.13. The number of hydrogen-bond acceptors (Lipinski definition) is 5. The van der Waals surface area contributed by atoms with Crippen molar-refractivity contribution < 1.29 is 4.79 Å². The minimum absolute atomic E-state index is 0.0977. The second kappa shape index (κ2) is 2.95. The molecule has 68 valence electrons. The van der Waals surface area contributed by atoms with Crippen LogP contribution in [0.25, 0.3) is 0 Å². The number of carbonyl (C=O) groups excluding carboxylic acids is 1. The monoisotopic (exact) mass is 196 g/mol. The summed E-state index contributed by atoms with van der Waals surface area (Å²) < 4.78 is 1.58. The maximum Gasteiger partial charge on any atom is 0.212 e. The number of fused-ring (bicyclic) bond motifs is 1. The molecule has 13 heavy (non-hydrogen) atoms. The quantitative estimate of drug-likeness (QED) is 0.658. The molecular formula is C7H8N4OS. The first-order chi connectivity index (χ1) is 6.18. The average Bonchev–Trinajstić information content (AvgIpc) is 2.48. The van der Waals surface area contributed by atoms with Gasteiger partial charge in [-0.05, 0) is 13.8 Å². The van der Waals surface area contributed by atoms with Gasteiger partial charge in [-0.2, -0.15) is 9.78 Å². The van der Waals surface area contributed by atoms with Crippen molar-refractivity contribution >= 4 is 23.3 Å². The molecule has 0 spiro atoms. The van der Waals surface area contributed by atoms with Crippen molar-refractivity contribution in [2.75, 3.05) is 0 Å². The Labute approximate surface area is 79.2 Å². The van der Waals surface area contributed by atoms with Crippen molar-refractivity contribution in [3.63, 3.8) is 0 Å². The van der Waals surface area contributed by atoms with E-state index in [0.717, 1.165) is 5.71 Å². The molecule has 0 fully saturated rings. The van der Waals surface area contributed by atoms with Crippen LogP contribution in [0.15, 0.2) is 16.6 Å². The van der Waals surface area contributed by atoms with Crippen LogP contribution in [0.1, 0.15) is 13.8 Å². The molecule has 2 rings (SSSR count). The molecule has 6 heteroatoms. The maximum atomic E-state index is 11.2. The van der Waals surface area contributed by atoms with Crippen LogP contribution < -0.4 is 0 Å². The van der Waals surface area contributed by atoms with Crippen LogP contribution in [-0.2, 0) is 4.79 Å². The van der Waals surface area contributed by atoms with Crippen LogP contribution in [0.3, 0.4) is 0 Å². The van der Waals surface area contributed by atoms with E-state index in [1.165, 1.54) is 18.1 Å². The van der Waals surface area contributed by atoms with Crippen molar-refractivity contribution in [3.8, 4) is 0 Å². The highest BCUT2D eigenvalue weighted by atomic mass is 32.2. The van der Waals surface area contributed by atoms with Gasteiger partial charge in [0, 0.05) is 0 Å². The molecule has 0 saturated carbocycles. The zero-order valence-electron chi connectivity index (χ0n) is 7.26. The van der Waals surface area contributed by atoms with E-state index in [2.05, 4.69) is 15.3 Å². The van der Waals surface area contributed by atoms with Gasteiger partial charge in [0.1, 0.15) is 17.4 Å². The van der Waals surface area contributed by atoms with Gasteiger partial charge in [0.05, 0.1) is 5.71 Å². The summed E-state index contributed by atoms with van der Waals surface area (Å²) in [6.45, 7) is 3.39. The fourth-order valence-electron chi connectivity index (χ4n) is 1.16. The summed E-state index contributed by atoms with van der Waals surface area (Å²) >= 11 is 1.39. The first kappa shape index (κ1) is 8.43. The predicted octanol–water partition coefficient (Wildman–Crippen LogP) is 0.565. The van der Waals surface area contributed by atoms with Crippen LogP contribution in [0.4, 0.5) is 0 Å². The Kier molecular flexibility index (Phi) is 1.91. The topological polar surface area (TPSA) is 60.1 Å². The second-order valence-corrected chi connectivity index (χ2v) is 3.88. The Bertz CT molecular complexity index is 384. The second-order valence-electron chi connectivity index (χ2n) is 2.81. The Morgan fingerprint density at radius 1 is 1.69 bits per heavy atom. The number of Topliss-reactive ketones (excluding diaryl/α,β-unsaturated/α-hetero) is 1. The smallest absolute Gasteiger partial charge is 0.212 e. The van der Waals surface area contributed by atoms with E-state index in [-0.39, 0.29) is 11.0 Å². The van der Waals surface area contributed by atoms with Crippen LogP contribution in [-0.4, -0.2) is 31.6 Å². The fourth-order valence-corrected chi connectivity index (χ4v) is 2.04. The summed E-state index contributed by atoms with van der Waals surface area (Å²) in [5.41, 5.74) is 0.796. The zero-order valence-corrected chi connectivity index (χ0v) is 8.08. The molecule has 2 heterocycles. The Morgan fingerprint density at radius 2 is 2.46 bits per heavy atom. The predicted molar refractivity (Wildman–Crippen MR) is 48.9 cm³/mol. The van der Waals surface area contributed by atoms with Gasteiger partial charge in [-0.1, -0.05) is 11.8 Å². The number of hydrogen-bond donors (Lipinski definition) is 0. The lowest BCUT2D eigenvalue weighted by Gasteiger charge is -2.16. The molecule has 0 saturated heterocycles. The van der Waals surface area contributed by atoms with Crippen LogP contribution in [0.2, 0.25) is 0 Å². The van der Waals surface area contributed by atoms with Gasteiger partial charge in [-0.3, -0.25) is 4.79 Å². The number of nitrogens with zero attached hydrogens (tertiary/aromatic N) is 4. The molecule has 1 aliphatic rings. The van der Waals surface area contributed by atoms with Gasteiger partial charge in [0.15, 0.2) is 0 Å².